The van der Waals surface area contributed by atoms with Crippen LogP contribution in [0.3, 0.4) is 0 Å². The number of ether oxygens (including phenoxy) is 2. The highest BCUT2D eigenvalue weighted by molar-refractivity contribution is 6.12. The molecule has 4 aromatic carbocycles. The number of amides is 2. The van der Waals surface area contributed by atoms with E-state index in [4.69, 9.17) is 9.47 Å². The first-order valence-electron chi connectivity index (χ1n) is 18.6. The molecule has 1 atom stereocenters. The first kappa shape index (κ1) is 34.1. The number of aromatic hydroxyl groups is 1. The minimum atomic E-state index is -2.74. The summed E-state index contributed by atoms with van der Waals surface area (Å²) in [7, 11) is 0. The van der Waals surface area contributed by atoms with Gasteiger partial charge in [0.25, 0.3) is 17.7 Å². The molecule has 276 valence electrons. The molecule has 1 N–H and O–H groups in total. The number of likely N-dealkylation sites (tertiary alicyclic amines) is 1. The van der Waals surface area contributed by atoms with Gasteiger partial charge in [-0.15, -0.1) is 0 Å². The van der Waals surface area contributed by atoms with Crippen molar-refractivity contribution in [1.82, 2.24) is 14.4 Å². The molecule has 11 heteroatoms. The SMILES string of the molecule is O=C(c1cc(-c2cc3c(cc2C(=O)N2Cc4ccccc4C[C@H]2CN2CCC(F)(F)C2)OCO3)n2c1CCCC2)N(c1ccccc1)c1ccc(O)cc1. The van der Waals surface area contributed by atoms with Gasteiger partial charge < -0.3 is 24.0 Å². The molecule has 1 aromatic heterocycles. The van der Waals surface area contributed by atoms with Crippen LogP contribution >= 0.6 is 0 Å². The molecule has 9 nitrogen and oxygen atoms in total. The van der Waals surface area contributed by atoms with E-state index in [0.29, 0.717) is 72.0 Å². The van der Waals surface area contributed by atoms with Crippen LogP contribution in [0.4, 0.5) is 20.2 Å². The minimum absolute atomic E-state index is 0.0178. The van der Waals surface area contributed by atoms with Crippen molar-refractivity contribution < 1.29 is 33.0 Å². The topological polar surface area (TPSA) is 87.5 Å². The van der Waals surface area contributed by atoms with Gasteiger partial charge in [-0.25, -0.2) is 8.78 Å². The molecular weight excluding hydrogens is 690 g/mol. The number of nitrogens with zero attached hydrogens (tertiary/aromatic N) is 4. The largest absolute Gasteiger partial charge is 0.508 e. The first-order valence-corrected chi connectivity index (χ1v) is 18.6. The van der Waals surface area contributed by atoms with Crippen molar-refractivity contribution >= 4 is 23.2 Å². The second kappa shape index (κ2) is 13.6. The third-order valence-corrected chi connectivity index (χ3v) is 11.2. The highest BCUT2D eigenvalue weighted by Gasteiger charge is 2.41. The molecule has 4 aliphatic rings. The van der Waals surface area contributed by atoms with Crippen LogP contribution in [0.2, 0.25) is 0 Å². The number of benzene rings is 4. The maximum absolute atomic E-state index is 15.1. The number of carbonyl (C=O) groups is 2. The zero-order valence-corrected chi connectivity index (χ0v) is 29.7. The van der Waals surface area contributed by atoms with Crippen LogP contribution in [-0.4, -0.2) is 69.7 Å². The fourth-order valence-electron chi connectivity index (χ4n) is 8.50. The van der Waals surface area contributed by atoms with E-state index in [9.17, 15) is 18.7 Å². The molecule has 5 heterocycles. The summed E-state index contributed by atoms with van der Waals surface area (Å²) in [6, 6.07) is 29.1. The van der Waals surface area contributed by atoms with E-state index in [1.54, 1.807) is 40.1 Å². The summed E-state index contributed by atoms with van der Waals surface area (Å²) in [5.74, 6) is -2.14. The molecule has 0 bridgehead atoms. The van der Waals surface area contributed by atoms with Gasteiger partial charge in [0.15, 0.2) is 11.5 Å². The maximum atomic E-state index is 15.1. The van der Waals surface area contributed by atoms with E-state index >= 15 is 4.79 Å². The van der Waals surface area contributed by atoms with Crippen molar-refractivity contribution in [2.45, 2.75) is 57.2 Å². The molecule has 0 saturated carbocycles. The molecule has 9 rings (SSSR count). The van der Waals surface area contributed by atoms with Gasteiger partial charge in [-0.05, 0) is 91.4 Å². The van der Waals surface area contributed by atoms with Crippen molar-refractivity contribution in [1.29, 1.82) is 0 Å². The van der Waals surface area contributed by atoms with E-state index in [1.807, 2.05) is 65.6 Å². The Labute approximate surface area is 311 Å². The lowest BCUT2D eigenvalue weighted by Crippen LogP contribution is -2.50. The van der Waals surface area contributed by atoms with Crippen LogP contribution in [0.15, 0.2) is 97.1 Å². The summed E-state index contributed by atoms with van der Waals surface area (Å²) in [6.45, 7) is 1.31. The van der Waals surface area contributed by atoms with Crippen molar-refractivity contribution in [3.63, 3.8) is 0 Å². The Morgan fingerprint density at radius 3 is 2.31 bits per heavy atom. The maximum Gasteiger partial charge on any atom is 0.264 e. The average Bonchev–Trinajstić information content (AvgIpc) is 3.91. The second-order valence-electron chi connectivity index (χ2n) is 14.6. The number of anilines is 2. The second-order valence-corrected chi connectivity index (χ2v) is 14.6. The van der Waals surface area contributed by atoms with Crippen LogP contribution in [0.1, 0.15) is 56.8 Å². The molecular formula is C43H40F2N4O5. The van der Waals surface area contributed by atoms with Gasteiger partial charge in [-0.3, -0.25) is 19.4 Å². The Balaban J connectivity index is 1.15. The van der Waals surface area contributed by atoms with Crippen molar-refractivity contribution in [3.05, 3.63) is 125 Å². The normalized spacial score (nSPS) is 18.6. The zero-order valence-electron chi connectivity index (χ0n) is 29.7. The predicted molar refractivity (Wildman–Crippen MR) is 200 cm³/mol. The lowest BCUT2D eigenvalue weighted by Gasteiger charge is -2.39. The van der Waals surface area contributed by atoms with Gasteiger partial charge in [-0.1, -0.05) is 42.5 Å². The first-order chi connectivity index (χ1) is 26.2. The molecule has 4 aliphatic heterocycles. The van der Waals surface area contributed by atoms with Crippen LogP contribution in [0.5, 0.6) is 17.2 Å². The number of fused-ring (bicyclic) bond motifs is 3. The van der Waals surface area contributed by atoms with Gasteiger partial charge in [0.1, 0.15) is 5.75 Å². The number of phenols is 1. The fraction of sp³-hybridized carbons (Fsp3) is 0.302. The number of rotatable bonds is 7. The molecule has 1 fully saturated rings. The number of alkyl halides is 2. The van der Waals surface area contributed by atoms with E-state index in [-0.39, 0.29) is 49.9 Å². The Morgan fingerprint density at radius 2 is 1.56 bits per heavy atom. The van der Waals surface area contributed by atoms with Gasteiger partial charge in [0.05, 0.1) is 17.7 Å². The Bertz CT molecular complexity index is 2240. The monoisotopic (exact) mass is 730 g/mol. The smallest absolute Gasteiger partial charge is 0.264 e. The van der Waals surface area contributed by atoms with E-state index in [2.05, 4.69) is 10.6 Å². The number of hydrogen-bond acceptors (Lipinski definition) is 6. The number of phenolic OH excluding ortho intramolecular Hbond substituents is 1. The minimum Gasteiger partial charge on any atom is -0.508 e. The van der Waals surface area contributed by atoms with E-state index in [0.717, 1.165) is 35.4 Å². The Hall–Kier alpha value is -5.68. The van der Waals surface area contributed by atoms with E-state index < -0.39 is 5.92 Å². The van der Waals surface area contributed by atoms with Gasteiger partial charge >= 0.3 is 0 Å². The standard InChI is InChI=1S/C43H40F2N4O5/c44-43(45)17-19-46(26-43)25-32-20-28-8-4-5-9-29(28)24-48(32)41(51)35-23-40-39(53-27-54-40)22-34(35)38-21-36(37-12-6-7-18-47(37)38)42(52)49(30-10-2-1-3-11-30)31-13-15-33(50)16-14-31/h1-5,8-11,13-16,21-23,32,50H,6-7,12,17-20,24-27H2/t32-/m0/s1. The van der Waals surface area contributed by atoms with Crippen molar-refractivity contribution in [3.8, 4) is 28.5 Å². The lowest BCUT2D eigenvalue weighted by molar-refractivity contribution is 0.00901. The third-order valence-electron chi connectivity index (χ3n) is 11.2. The molecule has 0 unspecified atom stereocenters. The summed E-state index contributed by atoms with van der Waals surface area (Å²) >= 11 is 0. The van der Waals surface area contributed by atoms with Crippen LogP contribution < -0.4 is 14.4 Å². The van der Waals surface area contributed by atoms with Gasteiger partial charge in [-0.2, -0.15) is 0 Å². The molecule has 1 saturated heterocycles. The van der Waals surface area contributed by atoms with Crippen LogP contribution in [0.25, 0.3) is 11.3 Å². The van der Waals surface area contributed by atoms with Gasteiger partial charge in [0, 0.05) is 67.0 Å². The highest BCUT2D eigenvalue weighted by Crippen LogP contribution is 2.43. The van der Waals surface area contributed by atoms with Crippen molar-refractivity contribution in [2.75, 3.05) is 31.3 Å². The summed E-state index contributed by atoms with van der Waals surface area (Å²) in [4.78, 5) is 35.2. The number of para-hydroxylation sites is 1. The number of hydrogen-bond donors (Lipinski definition) is 1. The number of aromatic nitrogens is 1. The van der Waals surface area contributed by atoms with E-state index in [1.165, 1.54) is 0 Å². The average molecular weight is 731 g/mol. The summed E-state index contributed by atoms with van der Waals surface area (Å²) in [5, 5.41) is 10.1. The Kier molecular flexibility index (Phi) is 8.61. The number of carbonyl (C=O) groups excluding carboxylic acids is 2. The lowest BCUT2D eigenvalue weighted by atomic mass is 9.92. The molecule has 5 aromatic rings. The fourth-order valence-corrected chi connectivity index (χ4v) is 8.50. The van der Waals surface area contributed by atoms with Crippen LogP contribution in [-0.2, 0) is 25.9 Å². The third kappa shape index (κ3) is 6.26. The highest BCUT2D eigenvalue weighted by atomic mass is 19.3. The summed E-state index contributed by atoms with van der Waals surface area (Å²) in [6.07, 6.45) is 2.85. The molecule has 0 aliphatic carbocycles. The quantitative estimate of drug-likeness (QED) is 0.184. The zero-order chi connectivity index (χ0) is 37.0. The van der Waals surface area contributed by atoms with Crippen LogP contribution in [0, 0.1) is 0 Å². The number of halogens is 2. The molecule has 2 amide bonds. The summed E-state index contributed by atoms with van der Waals surface area (Å²) in [5.41, 5.74) is 6.58. The summed E-state index contributed by atoms with van der Waals surface area (Å²) < 4.78 is 42.5. The molecule has 0 spiro atoms. The van der Waals surface area contributed by atoms with Crippen molar-refractivity contribution in [2.24, 2.45) is 0 Å². The molecule has 0 radical (unpaired) electrons. The predicted octanol–water partition coefficient (Wildman–Crippen LogP) is 7.81. The molecule has 54 heavy (non-hydrogen) atoms. The van der Waals surface area contributed by atoms with Gasteiger partial charge in [0.2, 0.25) is 6.79 Å². The Morgan fingerprint density at radius 1 is 0.833 bits per heavy atom.